The van der Waals surface area contributed by atoms with Crippen LogP contribution in [0.4, 0.5) is 0 Å². The summed E-state index contributed by atoms with van der Waals surface area (Å²) < 4.78 is 11.0. The molecule has 2 aromatic heterocycles. The average Bonchev–Trinajstić information content (AvgIpc) is 3.20. The van der Waals surface area contributed by atoms with E-state index in [1.165, 1.54) is 0 Å². The molecule has 3 rings (SSSR count). The van der Waals surface area contributed by atoms with E-state index in [1.54, 1.807) is 11.3 Å². The van der Waals surface area contributed by atoms with Crippen molar-refractivity contribution in [2.75, 3.05) is 13.2 Å². The van der Waals surface area contributed by atoms with Crippen molar-refractivity contribution in [2.24, 2.45) is 5.92 Å². The molecule has 1 aliphatic rings. The first-order valence-electron chi connectivity index (χ1n) is 8.75. The van der Waals surface area contributed by atoms with Gasteiger partial charge in [-0.1, -0.05) is 19.0 Å². The van der Waals surface area contributed by atoms with Crippen LogP contribution in [0.5, 0.6) is 0 Å². The molecule has 0 radical (unpaired) electrons. The first-order valence-corrected chi connectivity index (χ1v) is 9.56. The van der Waals surface area contributed by atoms with Crippen molar-refractivity contribution < 1.29 is 14.1 Å². The molecule has 6 nitrogen and oxygen atoms in total. The van der Waals surface area contributed by atoms with Crippen LogP contribution >= 0.6 is 11.3 Å². The largest absolute Gasteiger partial charge is 0.381 e. The SMILES string of the molecule is Cc1cc(C(=O)N[C@H](c2nc(C(C)C)no2)C2CCOCC2)c(C)s1. The van der Waals surface area contributed by atoms with Gasteiger partial charge in [0.2, 0.25) is 5.89 Å². The van der Waals surface area contributed by atoms with Gasteiger partial charge in [0.1, 0.15) is 6.04 Å². The third kappa shape index (κ3) is 4.10. The molecule has 1 aliphatic heterocycles. The number of carbonyl (C=O) groups is 1. The van der Waals surface area contributed by atoms with Gasteiger partial charge in [-0.05, 0) is 38.7 Å². The maximum Gasteiger partial charge on any atom is 0.253 e. The van der Waals surface area contributed by atoms with Crippen molar-refractivity contribution in [1.82, 2.24) is 15.5 Å². The highest BCUT2D eigenvalue weighted by Gasteiger charge is 2.32. The molecule has 3 heterocycles. The fraction of sp³-hybridized carbons (Fsp3) is 0.611. The van der Waals surface area contributed by atoms with E-state index >= 15 is 0 Å². The predicted molar refractivity (Wildman–Crippen MR) is 95.9 cm³/mol. The van der Waals surface area contributed by atoms with Gasteiger partial charge < -0.3 is 14.6 Å². The Labute approximate surface area is 152 Å². The standard InChI is InChI=1S/C18H25N3O3S/c1-10(2)16-20-18(24-21-16)15(13-5-7-23-8-6-13)19-17(22)14-9-11(3)25-12(14)4/h9-10,13,15H,5-8H2,1-4H3,(H,19,22)/t15-/m0/s1. The van der Waals surface area contributed by atoms with E-state index in [-0.39, 0.29) is 23.8 Å². The van der Waals surface area contributed by atoms with E-state index in [2.05, 4.69) is 15.5 Å². The molecule has 0 unspecified atom stereocenters. The van der Waals surface area contributed by atoms with Gasteiger partial charge in [-0.15, -0.1) is 11.3 Å². The fourth-order valence-corrected chi connectivity index (χ4v) is 4.04. The third-order valence-electron chi connectivity index (χ3n) is 4.55. The number of hydrogen-bond acceptors (Lipinski definition) is 6. The molecule has 0 aliphatic carbocycles. The topological polar surface area (TPSA) is 77.3 Å². The minimum Gasteiger partial charge on any atom is -0.381 e. The number of nitrogens with zero attached hydrogens (tertiary/aromatic N) is 2. The Balaban J connectivity index is 1.85. The number of nitrogens with one attached hydrogen (secondary N) is 1. The van der Waals surface area contributed by atoms with Gasteiger partial charge in [0.25, 0.3) is 5.91 Å². The van der Waals surface area contributed by atoms with Crippen molar-refractivity contribution in [3.63, 3.8) is 0 Å². The monoisotopic (exact) mass is 363 g/mol. The molecular formula is C18H25N3O3S. The Morgan fingerprint density at radius 3 is 2.60 bits per heavy atom. The number of aryl methyl sites for hydroxylation is 2. The summed E-state index contributed by atoms with van der Waals surface area (Å²) in [6.07, 6.45) is 1.73. The van der Waals surface area contributed by atoms with E-state index in [1.807, 2.05) is 33.8 Å². The molecule has 0 saturated carbocycles. The number of aromatic nitrogens is 2. The quantitative estimate of drug-likeness (QED) is 0.875. The first kappa shape index (κ1) is 18.1. The highest BCUT2D eigenvalue weighted by atomic mass is 32.1. The van der Waals surface area contributed by atoms with Crippen LogP contribution in [-0.4, -0.2) is 29.3 Å². The van der Waals surface area contributed by atoms with E-state index in [0.717, 1.165) is 28.2 Å². The van der Waals surface area contributed by atoms with E-state index in [0.29, 0.717) is 24.9 Å². The molecule has 1 atom stereocenters. The normalized spacial score (nSPS) is 17.0. The Kier molecular flexibility index (Phi) is 5.54. The van der Waals surface area contributed by atoms with Crippen molar-refractivity contribution in [1.29, 1.82) is 0 Å². The molecule has 1 saturated heterocycles. The van der Waals surface area contributed by atoms with Gasteiger partial charge in [0.15, 0.2) is 5.82 Å². The smallest absolute Gasteiger partial charge is 0.253 e. The van der Waals surface area contributed by atoms with Gasteiger partial charge in [0, 0.05) is 28.9 Å². The molecule has 1 fully saturated rings. The molecule has 2 aromatic rings. The lowest BCUT2D eigenvalue weighted by Gasteiger charge is -2.28. The maximum absolute atomic E-state index is 12.8. The average molecular weight is 363 g/mol. The fourth-order valence-electron chi connectivity index (χ4n) is 3.11. The van der Waals surface area contributed by atoms with E-state index in [4.69, 9.17) is 9.26 Å². The summed E-state index contributed by atoms with van der Waals surface area (Å²) in [7, 11) is 0. The Bertz CT molecular complexity index is 732. The number of rotatable bonds is 5. The lowest BCUT2D eigenvalue weighted by atomic mass is 9.91. The molecule has 7 heteroatoms. The van der Waals surface area contributed by atoms with Crippen molar-refractivity contribution in [3.8, 4) is 0 Å². The Morgan fingerprint density at radius 2 is 2.04 bits per heavy atom. The summed E-state index contributed by atoms with van der Waals surface area (Å²) >= 11 is 1.63. The second kappa shape index (κ2) is 7.66. The molecular weight excluding hydrogens is 338 g/mol. The number of ether oxygens (including phenoxy) is 1. The molecule has 0 aromatic carbocycles. The van der Waals surface area contributed by atoms with Crippen molar-refractivity contribution >= 4 is 17.2 Å². The van der Waals surface area contributed by atoms with Crippen molar-refractivity contribution in [3.05, 3.63) is 33.1 Å². The highest BCUT2D eigenvalue weighted by molar-refractivity contribution is 7.12. The van der Waals surface area contributed by atoms with E-state index < -0.39 is 0 Å². The molecule has 0 spiro atoms. The molecule has 25 heavy (non-hydrogen) atoms. The van der Waals surface area contributed by atoms with Crippen molar-refractivity contribution in [2.45, 2.75) is 52.5 Å². The summed E-state index contributed by atoms with van der Waals surface area (Å²) in [5.41, 5.74) is 0.725. The summed E-state index contributed by atoms with van der Waals surface area (Å²) in [6.45, 7) is 9.41. The van der Waals surface area contributed by atoms with Crippen LogP contribution < -0.4 is 5.32 Å². The first-order chi connectivity index (χ1) is 12.0. The van der Waals surface area contributed by atoms with Crippen LogP contribution in [0.15, 0.2) is 10.6 Å². The second-order valence-corrected chi connectivity index (χ2v) is 8.33. The van der Waals surface area contributed by atoms with Crippen LogP contribution in [0.1, 0.15) is 70.5 Å². The van der Waals surface area contributed by atoms with E-state index in [9.17, 15) is 4.79 Å². The zero-order valence-corrected chi connectivity index (χ0v) is 16.0. The van der Waals surface area contributed by atoms with Crippen LogP contribution in [-0.2, 0) is 4.74 Å². The van der Waals surface area contributed by atoms with Crippen LogP contribution in [0.3, 0.4) is 0 Å². The molecule has 136 valence electrons. The third-order valence-corrected chi connectivity index (χ3v) is 5.52. The van der Waals surface area contributed by atoms with Gasteiger partial charge in [-0.2, -0.15) is 4.98 Å². The minimum atomic E-state index is -0.281. The summed E-state index contributed by atoms with van der Waals surface area (Å²) in [5, 5.41) is 7.21. The Hall–Kier alpha value is -1.73. The summed E-state index contributed by atoms with van der Waals surface area (Å²) in [6, 6.07) is 1.65. The Morgan fingerprint density at radius 1 is 1.32 bits per heavy atom. The van der Waals surface area contributed by atoms with Gasteiger partial charge >= 0.3 is 0 Å². The number of carbonyl (C=O) groups excluding carboxylic acids is 1. The van der Waals surface area contributed by atoms with Gasteiger partial charge in [-0.3, -0.25) is 4.79 Å². The second-order valence-electron chi connectivity index (χ2n) is 6.87. The lowest BCUT2D eigenvalue weighted by Crippen LogP contribution is -2.36. The number of hydrogen-bond donors (Lipinski definition) is 1. The van der Waals surface area contributed by atoms with Crippen LogP contribution in [0.25, 0.3) is 0 Å². The number of thiophene rings is 1. The lowest BCUT2D eigenvalue weighted by molar-refractivity contribution is 0.0467. The number of amides is 1. The molecule has 0 bridgehead atoms. The molecule has 1 N–H and O–H groups in total. The zero-order valence-electron chi connectivity index (χ0n) is 15.2. The van der Waals surface area contributed by atoms with Crippen LogP contribution in [0, 0.1) is 19.8 Å². The maximum atomic E-state index is 12.8. The van der Waals surface area contributed by atoms with Gasteiger partial charge in [-0.25, -0.2) is 0 Å². The minimum absolute atomic E-state index is 0.0809. The summed E-state index contributed by atoms with van der Waals surface area (Å²) in [4.78, 5) is 19.5. The van der Waals surface area contributed by atoms with Gasteiger partial charge in [0.05, 0.1) is 5.56 Å². The highest BCUT2D eigenvalue weighted by Crippen LogP contribution is 2.31. The zero-order chi connectivity index (χ0) is 18.0. The van der Waals surface area contributed by atoms with Crippen LogP contribution in [0.2, 0.25) is 0 Å². The summed E-state index contributed by atoms with van der Waals surface area (Å²) in [5.74, 6) is 1.50. The predicted octanol–water partition coefficient (Wildman–Crippen LogP) is 3.77. The molecule has 1 amide bonds.